The zero-order valence-electron chi connectivity index (χ0n) is 11.0. The van der Waals surface area contributed by atoms with Crippen LogP contribution in [0.2, 0.25) is 5.28 Å². The maximum atomic E-state index is 5.85. The molecule has 0 aliphatic heterocycles. The first kappa shape index (κ1) is 14.0. The smallest absolute Gasteiger partial charge is 0.231 e. The van der Waals surface area contributed by atoms with Gasteiger partial charge in [0, 0.05) is 20.1 Å². The summed E-state index contributed by atoms with van der Waals surface area (Å²) in [6.45, 7) is 6.55. The molecule has 6 heteroatoms. The van der Waals surface area contributed by atoms with E-state index in [2.05, 4.69) is 41.0 Å². The molecule has 0 bridgehead atoms. The van der Waals surface area contributed by atoms with Crippen LogP contribution in [-0.2, 0) is 0 Å². The Morgan fingerprint density at radius 1 is 1.24 bits per heavy atom. The average Bonchev–Trinajstić information content (AvgIpc) is 2.26. The van der Waals surface area contributed by atoms with E-state index in [1.165, 1.54) is 0 Å². The lowest BCUT2D eigenvalue weighted by molar-refractivity contribution is 0.499. The Morgan fingerprint density at radius 2 is 1.88 bits per heavy atom. The molecule has 1 aromatic rings. The Morgan fingerprint density at radius 3 is 2.41 bits per heavy atom. The molecular formula is C11H20ClN5. The lowest BCUT2D eigenvalue weighted by Gasteiger charge is -2.26. The van der Waals surface area contributed by atoms with Gasteiger partial charge in [0.25, 0.3) is 0 Å². The topological polar surface area (TPSA) is 53.9 Å². The molecule has 1 aromatic heterocycles. The zero-order valence-corrected chi connectivity index (χ0v) is 11.8. The molecule has 17 heavy (non-hydrogen) atoms. The molecule has 0 fully saturated rings. The second-order valence-electron chi connectivity index (χ2n) is 4.57. The van der Waals surface area contributed by atoms with Crippen LogP contribution < -0.4 is 10.2 Å². The molecule has 0 aromatic carbocycles. The van der Waals surface area contributed by atoms with Gasteiger partial charge in [0.1, 0.15) is 0 Å². The van der Waals surface area contributed by atoms with Crippen molar-refractivity contribution in [2.45, 2.75) is 33.2 Å². The second kappa shape index (κ2) is 6.00. The Bertz CT molecular complexity index is 369. The van der Waals surface area contributed by atoms with Crippen molar-refractivity contribution in [2.24, 2.45) is 5.92 Å². The van der Waals surface area contributed by atoms with E-state index in [-0.39, 0.29) is 5.28 Å². The van der Waals surface area contributed by atoms with Crippen molar-refractivity contribution >= 4 is 23.5 Å². The van der Waals surface area contributed by atoms with Gasteiger partial charge >= 0.3 is 0 Å². The summed E-state index contributed by atoms with van der Waals surface area (Å²) >= 11 is 5.85. The summed E-state index contributed by atoms with van der Waals surface area (Å²) in [5.41, 5.74) is 0. The lowest BCUT2D eigenvalue weighted by Crippen LogP contribution is -2.31. The SMILES string of the molecule is CNc1nc(Cl)nc(N(C)C(C)CC(C)C)n1. The number of hydrogen-bond donors (Lipinski definition) is 1. The van der Waals surface area contributed by atoms with Gasteiger partial charge in [0.15, 0.2) is 0 Å². The highest BCUT2D eigenvalue weighted by atomic mass is 35.5. The van der Waals surface area contributed by atoms with E-state index >= 15 is 0 Å². The van der Waals surface area contributed by atoms with Gasteiger partial charge in [-0.1, -0.05) is 13.8 Å². The Labute approximate surface area is 108 Å². The summed E-state index contributed by atoms with van der Waals surface area (Å²) in [4.78, 5) is 14.4. The van der Waals surface area contributed by atoms with E-state index in [9.17, 15) is 0 Å². The van der Waals surface area contributed by atoms with Crippen LogP contribution in [0, 0.1) is 5.92 Å². The van der Waals surface area contributed by atoms with Crippen LogP contribution in [-0.4, -0.2) is 35.1 Å². The van der Waals surface area contributed by atoms with Crippen LogP contribution in [0.3, 0.4) is 0 Å². The number of hydrogen-bond acceptors (Lipinski definition) is 5. The van der Waals surface area contributed by atoms with Crippen molar-refractivity contribution < 1.29 is 0 Å². The summed E-state index contributed by atoms with van der Waals surface area (Å²) in [7, 11) is 3.73. The summed E-state index contributed by atoms with van der Waals surface area (Å²) in [6, 6.07) is 0.359. The molecule has 0 amide bonds. The fourth-order valence-electron chi connectivity index (χ4n) is 1.65. The fourth-order valence-corrected chi connectivity index (χ4v) is 1.80. The first-order valence-electron chi connectivity index (χ1n) is 5.76. The molecule has 0 aliphatic carbocycles. The number of nitrogens with one attached hydrogen (secondary N) is 1. The second-order valence-corrected chi connectivity index (χ2v) is 4.91. The highest BCUT2D eigenvalue weighted by Gasteiger charge is 2.15. The van der Waals surface area contributed by atoms with Crippen LogP contribution in [0.1, 0.15) is 27.2 Å². The monoisotopic (exact) mass is 257 g/mol. The van der Waals surface area contributed by atoms with Crippen molar-refractivity contribution in [3.05, 3.63) is 5.28 Å². The molecule has 1 heterocycles. The number of anilines is 2. The first-order valence-corrected chi connectivity index (χ1v) is 6.14. The van der Waals surface area contributed by atoms with Gasteiger partial charge in [0.2, 0.25) is 17.2 Å². The Hall–Kier alpha value is -1.10. The third-order valence-corrected chi connectivity index (χ3v) is 2.78. The van der Waals surface area contributed by atoms with E-state index in [1.807, 2.05) is 11.9 Å². The molecule has 5 nitrogen and oxygen atoms in total. The van der Waals surface area contributed by atoms with Crippen LogP contribution >= 0.6 is 11.6 Å². The maximum absolute atomic E-state index is 5.85. The predicted molar refractivity (Wildman–Crippen MR) is 71.7 cm³/mol. The quantitative estimate of drug-likeness (QED) is 0.878. The lowest BCUT2D eigenvalue weighted by atomic mass is 10.0. The van der Waals surface area contributed by atoms with E-state index < -0.39 is 0 Å². The summed E-state index contributed by atoms with van der Waals surface area (Å²) in [5.74, 6) is 1.72. The minimum absolute atomic E-state index is 0.211. The molecule has 1 N–H and O–H groups in total. The Balaban J connectivity index is 2.87. The Kier molecular flexibility index (Phi) is 4.93. The maximum Gasteiger partial charge on any atom is 0.231 e. The van der Waals surface area contributed by atoms with Gasteiger partial charge in [0.05, 0.1) is 0 Å². The molecule has 0 aliphatic rings. The van der Waals surface area contributed by atoms with Gasteiger partial charge in [-0.2, -0.15) is 15.0 Å². The summed E-state index contributed by atoms with van der Waals surface area (Å²) in [6.07, 6.45) is 1.08. The number of halogens is 1. The number of nitrogens with zero attached hydrogens (tertiary/aromatic N) is 4. The number of rotatable bonds is 5. The minimum atomic E-state index is 0.211. The molecule has 1 atom stereocenters. The molecular weight excluding hydrogens is 238 g/mol. The zero-order chi connectivity index (χ0) is 13.0. The minimum Gasteiger partial charge on any atom is -0.357 e. The summed E-state index contributed by atoms with van der Waals surface area (Å²) < 4.78 is 0. The van der Waals surface area contributed by atoms with Crippen molar-refractivity contribution in [3.63, 3.8) is 0 Å². The van der Waals surface area contributed by atoms with Crippen LogP contribution in [0.25, 0.3) is 0 Å². The molecule has 0 spiro atoms. The molecule has 1 rings (SSSR count). The van der Waals surface area contributed by atoms with E-state index in [4.69, 9.17) is 11.6 Å². The first-order chi connectivity index (χ1) is 7.93. The molecule has 0 radical (unpaired) electrons. The third-order valence-electron chi connectivity index (χ3n) is 2.61. The van der Waals surface area contributed by atoms with Gasteiger partial charge in [-0.15, -0.1) is 0 Å². The average molecular weight is 258 g/mol. The van der Waals surface area contributed by atoms with E-state index in [0.717, 1.165) is 6.42 Å². The largest absolute Gasteiger partial charge is 0.357 e. The standard InChI is InChI=1S/C11H20ClN5/c1-7(2)6-8(3)17(5)11-15-9(12)14-10(13-4)16-11/h7-8H,6H2,1-5H3,(H,13,14,15,16). The van der Waals surface area contributed by atoms with Crippen LogP contribution in [0.15, 0.2) is 0 Å². The fraction of sp³-hybridized carbons (Fsp3) is 0.727. The molecule has 96 valence electrons. The van der Waals surface area contributed by atoms with Crippen LogP contribution in [0.4, 0.5) is 11.9 Å². The van der Waals surface area contributed by atoms with Crippen molar-refractivity contribution in [1.82, 2.24) is 15.0 Å². The molecule has 0 saturated carbocycles. The highest BCUT2D eigenvalue weighted by Crippen LogP contribution is 2.17. The van der Waals surface area contributed by atoms with Gasteiger partial charge in [-0.25, -0.2) is 0 Å². The van der Waals surface area contributed by atoms with Crippen molar-refractivity contribution in [3.8, 4) is 0 Å². The highest BCUT2D eigenvalue weighted by molar-refractivity contribution is 6.28. The third kappa shape index (κ3) is 4.00. The normalized spacial score (nSPS) is 12.6. The van der Waals surface area contributed by atoms with Gasteiger partial charge in [-0.05, 0) is 30.9 Å². The van der Waals surface area contributed by atoms with Crippen LogP contribution in [0.5, 0.6) is 0 Å². The van der Waals surface area contributed by atoms with Crippen molar-refractivity contribution in [1.29, 1.82) is 0 Å². The van der Waals surface area contributed by atoms with Crippen molar-refractivity contribution in [2.75, 3.05) is 24.3 Å². The summed E-state index contributed by atoms with van der Waals surface area (Å²) in [5, 5.41) is 3.08. The number of aromatic nitrogens is 3. The molecule has 1 unspecified atom stereocenters. The molecule has 0 saturated heterocycles. The van der Waals surface area contributed by atoms with Gasteiger partial charge < -0.3 is 10.2 Å². The predicted octanol–water partition coefficient (Wildman–Crippen LogP) is 2.44. The van der Waals surface area contributed by atoms with E-state index in [0.29, 0.717) is 23.9 Å². The van der Waals surface area contributed by atoms with E-state index in [1.54, 1.807) is 7.05 Å². The van der Waals surface area contributed by atoms with Gasteiger partial charge in [-0.3, -0.25) is 0 Å².